The van der Waals surface area contributed by atoms with Crippen LogP contribution in [0.3, 0.4) is 0 Å². The van der Waals surface area contributed by atoms with Gasteiger partial charge in [0.2, 0.25) is 5.91 Å². The van der Waals surface area contributed by atoms with Crippen molar-refractivity contribution in [3.8, 4) is 0 Å². The summed E-state index contributed by atoms with van der Waals surface area (Å²) in [5, 5.41) is 2.66. The Morgan fingerprint density at radius 3 is 2.56 bits per heavy atom. The molecule has 1 fully saturated rings. The van der Waals surface area contributed by atoms with E-state index in [4.69, 9.17) is 5.73 Å². The average molecular weight is 227 g/mol. The van der Waals surface area contributed by atoms with Gasteiger partial charge >= 0.3 is 0 Å². The highest BCUT2D eigenvalue weighted by Gasteiger charge is 2.23. The zero-order valence-corrected chi connectivity index (χ0v) is 10.4. The van der Waals surface area contributed by atoms with Crippen LogP contribution in [0.1, 0.15) is 38.5 Å². The fourth-order valence-electron chi connectivity index (χ4n) is 2.09. The maximum Gasteiger partial charge on any atom is 0.219 e. The van der Waals surface area contributed by atoms with E-state index in [9.17, 15) is 4.79 Å². The maximum absolute atomic E-state index is 11.1. The summed E-state index contributed by atoms with van der Waals surface area (Å²) >= 11 is 0. The summed E-state index contributed by atoms with van der Waals surface area (Å²) in [5.74, 6) is 0.146. The van der Waals surface area contributed by atoms with Crippen molar-refractivity contribution in [1.29, 1.82) is 0 Å². The van der Waals surface area contributed by atoms with E-state index in [0.29, 0.717) is 6.42 Å². The Bertz CT molecular complexity index is 204. The van der Waals surface area contributed by atoms with Gasteiger partial charge in [0.25, 0.3) is 0 Å². The van der Waals surface area contributed by atoms with Crippen LogP contribution in [-0.4, -0.2) is 43.5 Å². The van der Waals surface area contributed by atoms with Crippen LogP contribution in [0.25, 0.3) is 0 Å². The van der Waals surface area contributed by atoms with E-state index < -0.39 is 0 Å². The second-order valence-corrected chi connectivity index (χ2v) is 4.54. The molecule has 0 atom stereocenters. The number of nitrogens with two attached hydrogens (primary N) is 1. The lowest BCUT2D eigenvalue weighted by atomic mass is 9.91. The van der Waals surface area contributed by atoms with Crippen LogP contribution in [0.2, 0.25) is 0 Å². The van der Waals surface area contributed by atoms with Gasteiger partial charge in [-0.15, -0.1) is 0 Å². The molecule has 1 rings (SSSR count). The zero-order chi connectivity index (χ0) is 11.8. The number of rotatable bonds is 8. The van der Waals surface area contributed by atoms with Crippen molar-refractivity contribution in [2.75, 3.05) is 26.7 Å². The lowest BCUT2D eigenvalue weighted by Gasteiger charge is -2.37. The van der Waals surface area contributed by atoms with Crippen LogP contribution in [0, 0.1) is 0 Å². The van der Waals surface area contributed by atoms with Crippen LogP contribution in [-0.2, 0) is 4.79 Å². The summed E-state index contributed by atoms with van der Waals surface area (Å²) < 4.78 is 0. The molecule has 0 aliphatic heterocycles. The van der Waals surface area contributed by atoms with Gasteiger partial charge in [-0.3, -0.25) is 4.79 Å². The Labute approximate surface area is 98.6 Å². The van der Waals surface area contributed by atoms with Gasteiger partial charge in [-0.1, -0.05) is 6.42 Å². The van der Waals surface area contributed by atoms with Crippen molar-refractivity contribution < 1.29 is 4.79 Å². The molecule has 3 N–H and O–H groups in total. The molecule has 1 amide bonds. The Kier molecular flexibility index (Phi) is 6.42. The first-order chi connectivity index (χ1) is 7.77. The number of carbonyl (C=O) groups is 1. The van der Waals surface area contributed by atoms with E-state index in [1.807, 2.05) is 0 Å². The van der Waals surface area contributed by atoms with Gasteiger partial charge in [-0.05, 0) is 45.3 Å². The van der Waals surface area contributed by atoms with Crippen molar-refractivity contribution in [3.05, 3.63) is 0 Å². The quantitative estimate of drug-likeness (QED) is 0.642. The molecule has 0 radical (unpaired) electrons. The first-order valence-electron chi connectivity index (χ1n) is 6.42. The number of hydrogen-bond acceptors (Lipinski definition) is 3. The molecule has 94 valence electrons. The normalized spacial score (nSPS) is 16.2. The van der Waals surface area contributed by atoms with Gasteiger partial charge in [0.05, 0.1) is 0 Å². The van der Waals surface area contributed by atoms with E-state index in [1.54, 1.807) is 7.05 Å². The standard InChI is InChI=1S/C12H25N3O/c1-14-12(16)7-3-9-15(10-4-8-13)11-5-2-6-11/h11H,2-10,13H2,1H3,(H,14,16). The lowest BCUT2D eigenvalue weighted by Crippen LogP contribution is -2.42. The Morgan fingerprint density at radius 2 is 2.06 bits per heavy atom. The fraction of sp³-hybridized carbons (Fsp3) is 0.917. The van der Waals surface area contributed by atoms with Gasteiger partial charge in [0.1, 0.15) is 0 Å². The van der Waals surface area contributed by atoms with Gasteiger partial charge in [0, 0.05) is 19.5 Å². The second kappa shape index (κ2) is 7.63. The van der Waals surface area contributed by atoms with Crippen molar-refractivity contribution >= 4 is 5.91 Å². The largest absolute Gasteiger partial charge is 0.359 e. The third-order valence-electron chi connectivity index (χ3n) is 3.37. The third-order valence-corrected chi connectivity index (χ3v) is 3.37. The Morgan fingerprint density at radius 1 is 1.38 bits per heavy atom. The third kappa shape index (κ3) is 4.49. The van der Waals surface area contributed by atoms with Gasteiger partial charge in [-0.2, -0.15) is 0 Å². The summed E-state index contributed by atoms with van der Waals surface area (Å²) in [6.07, 6.45) is 6.67. The van der Waals surface area contributed by atoms with E-state index >= 15 is 0 Å². The molecule has 4 nitrogen and oxygen atoms in total. The topological polar surface area (TPSA) is 58.4 Å². The SMILES string of the molecule is CNC(=O)CCCN(CCCN)C1CCC1. The van der Waals surface area contributed by atoms with Crippen LogP contribution in [0.5, 0.6) is 0 Å². The molecule has 0 unspecified atom stereocenters. The van der Waals surface area contributed by atoms with Crippen molar-refractivity contribution in [2.45, 2.75) is 44.6 Å². The van der Waals surface area contributed by atoms with Gasteiger partial charge in [0.15, 0.2) is 0 Å². The molecule has 1 aliphatic carbocycles. The molecule has 16 heavy (non-hydrogen) atoms. The summed E-state index contributed by atoms with van der Waals surface area (Å²) in [5.41, 5.74) is 5.54. The zero-order valence-electron chi connectivity index (χ0n) is 10.4. The van der Waals surface area contributed by atoms with Crippen LogP contribution < -0.4 is 11.1 Å². The van der Waals surface area contributed by atoms with Crippen LogP contribution >= 0.6 is 0 Å². The van der Waals surface area contributed by atoms with E-state index in [2.05, 4.69) is 10.2 Å². The molecular weight excluding hydrogens is 202 g/mol. The number of amides is 1. The first-order valence-corrected chi connectivity index (χ1v) is 6.42. The molecular formula is C12H25N3O. The highest BCUT2D eigenvalue weighted by molar-refractivity contribution is 5.75. The average Bonchev–Trinajstić information content (AvgIpc) is 2.22. The minimum Gasteiger partial charge on any atom is -0.359 e. The lowest BCUT2D eigenvalue weighted by molar-refractivity contribution is -0.120. The molecule has 4 heteroatoms. The van der Waals surface area contributed by atoms with Crippen LogP contribution in [0.4, 0.5) is 0 Å². The predicted octanol–water partition coefficient (Wildman–Crippen LogP) is 0.716. The number of nitrogens with zero attached hydrogens (tertiary/aromatic N) is 1. The molecule has 1 aliphatic rings. The highest BCUT2D eigenvalue weighted by atomic mass is 16.1. The molecule has 0 spiro atoms. The number of nitrogens with one attached hydrogen (secondary N) is 1. The summed E-state index contributed by atoms with van der Waals surface area (Å²) in [6, 6.07) is 0.760. The molecule has 0 aromatic rings. The molecule has 0 heterocycles. The molecule has 1 saturated carbocycles. The number of carbonyl (C=O) groups excluding carboxylic acids is 1. The predicted molar refractivity (Wildman–Crippen MR) is 66.2 cm³/mol. The highest BCUT2D eigenvalue weighted by Crippen LogP contribution is 2.25. The molecule has 0 saturated heterocycles. The van der Waals surface area contributed by atoms with Crippen molar-refractivity contribution in [1.82, 2.24) is 10.2 Å². The Balaban J connectivity index is 2.18. The molecule has 0 bridgehead atoms. The van der Waals surface area contributed by atoms with E-state index in [1.165, 1.54) is 19.3 Å². The summed E-state index contributed by atoms with van der Waals surface area (Å²) in [7, 11) is 1.69. The van der Waals surface area contributed by atoms with E-state index in [0.717, 1.165) is 38.5 Å². The second-order valence-electron chi connectivity index (χ2n) is 4.54. The monoisotopic (exact) mass is 227 g/mol. The maximum atomic E-state index is 11.1. The summed E-state index contributed by atoms with van der Waals surface area (Å²) in [6.45, 7) is 2.89. The van der Waals surface area contributed by atoms with Crippen molar-refractivity contribution in [2.24, 2.45) is 5.73 Å². The Hall–Kier alpha value is -0.610. The first kappa shape index (κ1) is 13.5. The molecule has 0 aromatic carbocycles. The fourth-order valence-corrected chi connectivity index (χ4v) is 2.09. The minimum atomic E-state index is 0.146. The van der Waals surface area contributed by atoms with E-state index in [-0.39, 0.29) is 5.91 Å². The molecule has 0 aromatic heterocycles. The summed E-state index contributed by atoms with van der Waals surface area (Å²) in [4.78, 5) is 13.6. The van der Waals surface area contributed by atoms with Crippen LogP contribution in [0.15, 0.2) is 0 Å². The van der Waals surface area contributed by atoms with Crippen molar-refractivity contribution in [3.63, 3.8) is 0 Å². The number of hydrogen-bond donors (Lipinski definition) is 2. The van der Waals surface area contributed by atoms with Gasteiger partial charge in [-0.25, -0.2) is 0 Å². The van der Waals surface area contributed by atoms with Gasteiger partial charge < -0.3 is 16.0 Å². The smallest absolute Gasteiger partial charge is 0.219 e. The minimum absolute atomic E-state index is 0.146.